The molecule has 6 nitrogen and oxygen atoms in total. The Morgan fingerprint density at radius 2 is 1.88 bits per heavy atom. The van der Waals surface area contributed by atoms with Crippen molar-refractivity contribution >= 4 is 35.8 Å². The van der Waals surface area contributed by atoms with Crippen molar-refractivity contribution < 1.29 is 9.53 Å². The average Bonchev–Trinajstić information content (AvgIpc) is 2.52. The van der Waals surface area contributed by atoms with Gasteiger partial charge in [-0.05, 0) is 37.5 Å². The zero-order chi connectivity index (χ0) is 17.2. The summed E-state index contributed by atoms with van der Waals surface area (Å²) in [5.41, 5.74) is 0. The molecule has 0 aromatic rings. The minimum Gasteiger partial charge on any atom is -0.383 e. The highest BCUT2D eigenvalue weighted by Gasteiger charge is 2.23. The number of amides is 1. The summed E-state index contributed by atoms with van der Waals surface area (Å²) in [4.78, 5) is 17.7. The lowest BCUT2D eigenvalue weighted by Crippen LogP contribution is -2.46. The molecule has 2 N–H and O–H groups in total. The highest BCUT2D eigenvalue weighted by molar-refractivity contribution is 14.0. The number of aliphatic imine (C=N–C) groups is 1. The summed E-state index contributed by atoms with van der Waals surface area (Å²) in [6.07, 6.45) is 4.85. The predicted octanol–water partition coefficient (Wildman–Crippen LogP) is 2.09. The zero-order valence-electron chi connectivity index (χ0n) is 15.8. The SMILES string of the molecule is COCCNC(=NCC(=O)N(C)C)NC1CCC(C(C)C)CC1.I. The van der Waals surface area contributed by atoms with Crippen molar-refractivity contribution in [3.8, 4) is 0 Å². The third-order valence-corrected chi connectivity index (χ3v) is 4.53. The van der Waals surface area contributed by atoms with Crippen LogP contribution in [0.15, 0.2) is 4.99 Å². The monoisotopic (exact) mass is 454 g/mol. The lowest BCUT2D eigenvalue weighted by Gasteiger charge is -2.32. The summed E-state index contributed by atoms with van der Waals surface area (Å²) in [5, 5.41) is 6.72. The molecule has 1 rings (SSSR count). The number of hydrogen-bond acceptors (Lipinski definition) is 3. The zero-order valence-corrected chi connectivity index (χ0v) is 18.1. The fraction of sp³-hybridized carbons (Fsp3) is 0.882. The smallest absolute Gasteiger partial charge is 0.243 e. The molecule has 1 aliphatic carbocycles. The molecule has 0 atom stereocenters. The van der Waals surface area contributed by atoms with Crippen LogP contribution in [0.2, 0.25) is 0 Å². The molecule has 142 valence electrons. The third-order valence-electron chi connectivity index (χ3n) is 4.53. The van der Waals surface area contributed by atoms with Gasteiger partial charge < -0.3 is 20.3 Å². The van der Waals surface area contributed by atoms with E-state index < -0.39 is 0 Å². The van der Waals surface area contributed by atoms with E-state index in [4.69, 9.17) is 4.74 Å². The first-order valence-corrected chi connectivity index (χ1v) is 8.68. The number of methoxy groups -OCH3 is 1. The Balaban J connectivity index is 0.00000529. The van der Waals surface area contributed by atoms with Gasteiger partial charge in [-0.2, -0.15) is 0 Å². The summed E-state index contributed by atoms with van der Waals surface area (Å²) < 4.78 is 5.07. The van der Waals surface area contributed by atoms with Crippen molar-refractivity contribution in [3.63, 3.8) is 0 Å². The molecule has 1 amide bonds. The Bertz CT molecular complexity index is 381. The van der Waals surface area contributed by atoms with Gasteiger partial charge in [0.15, 0.2) is 5.96 Å². The van der Waals surface area contributed by atoms with Crippen molar-refractivity contribution in [2.24, 2.45) is 16.8 Å². The molecule has 24 heavy (non-hydrogen) atoms. The summed E-state index contributed by atoms with van der Waals surface area (Å²) in [5.74, 6) is 2.32. The van der Waals surface area contributed by atoms with E-state index in [1.54, 1.807) is 26.1 Å². The van der Waals surface area contributed by atoms with Crippen LogP contribution in [0.25, 0.3) is 0 Å². The van der Waals surface area contributed by atoms with Crippen LogP contribution >= 0.6 is 24.0 Å². The molecule has 1 aliphatic rings. The molecule has 1 saturated carbocycles. The van der Waals surface area contributed by atoms with Crippen LogP contribution in [-0.4, -0.2) is 63.7 Å². The van der Waals surface area contributed by atoms with Crippen LogP contribution < -0.4 is 10.6 Å². The number of carbonyl (C=O) groups excluding carboxylic acids is 1. The molecule has 0 unspecified atom stereocenters. The van der Waals surface area contributed by atoms with Crippen LogP contribution in [0.5, 0.6) is 0 Å². The standard InChI is InChI=1S/C17H34N4O2.HI/c1-13(2)14-6-8-15(9-7-14)20-17(18-10-11-23-5)19-12-16(22)21(3)4;/h13-15H,6-12H2,1-5H3,(H2,18,19,20);1H. The highest BCUT2D eigenvalue weighted by Crippen LogP contribution is 2.29. The Labute approximate surface area is 164 Å². The maximum Gasteiger partial charge on any atom is 0.243 e. The van der Waals surface area contributed by atoms with Gasteiger partial charge in [-0.25, -0.2) is 4.99 Å². The van der Waals surface area contributed by atoms with E-state index in [0.29, 0.717) is 25.2 Å². The molecule has 7 heteroatoms. The maximum absolute atomic E-state index is 11.7. The lowest BCUT2D eigenvalue weighted by molar-refractivity contribution is -0.127. The van der Waals surface area contributed by atoms with E-state index in [1.165, 1.54) is 12.8 Å². The average molecular weight is 454 g/mol. The minimum absolute atomic E-state index is 0. The van der Waals surface area contributed by atoms with E-state index in [0.717, 1.165) is 24.7 Å². The van der Waals surface area contributed by atoms with Crippen LogP contribution in [0.3, 0.4) is 0 Å². The van der Waals surface area contributed by atoms with E-state index in [-0.39, 0.29) is 36.4 Å². The Kier molecular flexibility index (Phi) is 12.4. The number of nitrogens with one attached hydrogen (secondary N) is 2. The second kappa shape index (κ2) is 12.7. The van der Waals surface area contributed by atoms with Gasteiger partial charge in [0.1, 0.15) is 6.54 Å². The van der Waals surface area contributed by atoms with Gasteiger partial charge in [-0.15, -0.1) is 24.0 Å². The fourth-order valence-corrected chi connectivity index (χ4v) is 2.84. The van der Waals surface area contributed by atoms with Gasteiger partial charge in [-0.1, -0.05) is 13.8 Å². The lowest BCUT2D eigenvalue weighted by atomic mass is 9.80. The number of guanidine groups is 1. The van der Waals surface area contributed by atoms with Gasteiger partial charge in [0.25, 0.3) is 0 Å². The second-order valence-corrected chi connectivity index (χ2v) is 6.87. The molecule has 0 heterocycles. The van der Waals surface area contributed by atoms with Gasteiger partial charge in [-0.3, -0.25) is 4.79 Å². The number of nitrogens with zero attached hydrogens (tertiary/aromatic N) is 2. The summed E-state index contributed by atoms with van der Waals surface area (Å²) in [7, 11) is 5.17. The first-order valence-electron chi connectivity index (χ1n) is 8.68. The molecule has 0 aromatic heterocycles. The van der Waals surface area contributed by atoms with Crippen LogP contribution in [0, 0.1) is 11.8 Å². The normalized spacial score (nSPS) is 21.2. The van der Waals surface area contributed by atoms with Gasteiger partial charge in [0.2, 0.25) is 5.91 Å². The summed E-state index contributed by atoms with van der Waals surface area (Å²) in [6, 6.07) is 0.438. The molecular formula is C17H35IN4O2. The van der Waals surface area contributed by atoms with Crippen molar-refractivity contribution in [1.82, 2.24) is 15.5 Å². The molecule has 0 radical (unpaired) electrons. The van der Waals surface area contributed by atoms with E-state index >= 15 is 0 Å². The molecular weight excluding hydrogens is 419 g/mol. The first-order chi connectivity index (χ1) is 10.9. The van der Waals surface area contributed by atoms with Crippen LogP contribution in [0.4, 0.5) is 0 Å². The van der Waals surface area contributed by atoms with E-state index in [9.17, 15) is 4.79 Å². The predicted molar refractivity (Wildman–Crippen MR) is 110 cm³/mol. The highest BCUT2D eigenvalue weighted by atomic mass is 127. The summed E-state index contributed by atoms with van der Waals surface area (Å²) >= 11 is 0. The number of likely N-dealkylation sites (N-methyl/N-ethyl adjacent to an activating group) is 1. The molecule has 0 aromatic carbocycles. The number of ether oxygens (including phenoxy) is 1. The molecule has 0 saturated heterocycles. The number of carbonyl (C=O) groups is 1. The Morgan fingerprint density at radius 3 is 2.38 bits per heavy atom. The fourth-order valence-electron chi connectivity index (χ4n) is 2.84. The van der Waals surface area contributed by atoms with E-state index in [1.807, 2.05) is 0 Å². The quantitative estimate of drug-likeness (QED) is 0.268. The second-order valence-electron chi connectivity index (χ2n) is 6.87. The van der Waals surface area contributed by atoms with E-state index in [2.05, 4.69) is 29.5 Å². The van der Waals surface area contributed by atoms with Gasteiger partial charge in [0.05, 0.1) is 6.61 Å². The largest absolute Gasteiger partial charge is 0.383 e. The van der Waals surface area contributed by atoms with Crippen molar-refractivity contribution in [1.29, 1.82) is 0 Å². The molecule has 1 fully saturated rings. The molecule has 0 bridgehead atoms. The number of rotatable bonds is 7. The Hall–Kier alpha value is -0.570. The number of halogens is 1. The van der Waals surface area contributed by atoms with Crippen LogP contribution in [0.1, 0.15) is 39.5 Å². The molecule has 0 spiro atoms. The van der Waals surface area contributed by atoms with Crippen molar-refractivity contribution in [2.75, 3.05) is 40.9 Å². The van der Waals surface area contributed by atoms with Crippen molar-refractivity contribution in [2.45, 2.75) is 45.6 Å². The Morgan fingerprint density at radius 1 is 1.25 bits per heavy atom. The first kappa shape index (κ1) is 23.4. The topological polar surface area (TPSA) is 66.0 Å². The van der Waals surface area contributed by atoms with Gasteiger partial charge in [0, 0.05) is 33.8 Å². The minimum atomic E-state index is 0. The molecule has 0 aliphatic heterocycles. The van der Waals surface area contributed by atoms with Crippen LogP contribution in [-0.2, 0) is 9.53 Å². The third kappa shape index (κ3) is 9.05. The number of hydrogen-bond donors (Lipinski definition) is 2. The van der Waals surface area contributed by atoms with Gasteiger partial charge >= 0.3 is 0 Å². The summed E-state index contributed by atoms with van der Waals surface area (Å²) in [6.45, 7) is 6.08. The van der Waals surface area contributed by atoms with Crippen molar-refractivity contribution in [3.05, 3.63) is 0 Å². The maximum atomic E-state index is 11.7.